The average molecular weight is 581 g/mol. The van der Waals surface area contributed by atoms with Crippen LogP contribution in [0.5, 0.6) is 0 Å². The van der Waals surface area contributed by atoms with E-state index in [-0.39, 0.29) is 29.2 Å². The van der Waals surface area contributed by atoms with Gasteiger partial charge in [0.05, 0.1) is 17.0 Å². The van der Waals surface area contributed by atoms with Gasteiger partial charge in [0.25, 0.3) is 0 Å². The van der Waals surface area contributed by atoms with Crippen LogP contribution in [0.2, 0.25) is 10.0 Å². The number of sulfonamides is 1. The zero-order chi connectivity index (χ0) is 27.9. The summed E-state index contributed by atoms with van der Waals surface area (Å²) in [5.41, 5.74) is 1.00. The van der Waals surface area contributed by atoms with Crippen LogP contribution in [0, 0.1) is 5.82 Å². The van der Waals surface area contributed by atoms with Gasteiger partial charge in [0.2, 0.25) is 21.8 Å². The molecule has 0 unspecified atom stereocenters. The molecule has 0 aliphatic rings. The van der Waals surface area contributed by atoms with E-state index in [0.717, 1.165) is 16.1 Å². The summed E-state index contributed by atoms with van der Waals surface area (Å²) < 4.78 is 41.1. The fourth-order valence-electron chi connectivity index (χ4n) is 3.93. The number of carbonyl (C=O) groups is 2. The lowest BCUT2D eigenvalue weighted by molar-refractivity contribution is -0.140. The fourth-order valence-corrected chi connectivity index (χ4v) is 5.36. The highest BCUT2D eigenvalue weighted by molar-refractivity contribution is 7.92. The van der Waals surface area contributed by atoms with Crippen LogP contribution in [-0.2, 0) is 32.6 Å². The first-order valence-electron chi connectivity index (χ1n) is 11.8. The maximum atomic E-state index is 14.7. The summed E-state index contributed by atoms with van der Waals surface area (Å²) >= 11 is 12.2. The molecule has 11 heteroatoms. The summed E-state index contributed by atoms with van der Waals surface area (Å²) in [5.74, 6) is -1.71. The molecular weight excluding hydrogens is 552 g/mol. The molecule has 3 aromatic rings. The van der Waals surface area contributed by atoms with Crippen molar-refractivity contribution in [3.8, 4) is 0 Å². The van der Waals surface area contributed by atoms with Crippen LogP contribution in [0.1, 0.15) is 18.1 Å². The standard InChI is InChI=1S/C27H28Cl2FN3O4S/c1-3-31-27(35)25(15-19-9-5-4-6-10-19)32(17-20-11-7-8-12-23(20)30)26(34)18-33(38(2,36)37)24-14-13-21(28)16-22(24)29/h4-14,16,25H,3,15,17-18H2,1-2H3,(H,31,35)/t25-/m0/s1. The largest absolute Gasteiger partial charge is 0.355 e. The highest BCUT2D eigenvalue weighted by Crippen LogP contribution is 2.30. The van der Waals surface area contributed by atoms with Crippen molar-refractivity contribution in [3.63, 3.8) is 0 Å². The number of nitrogens with zero attached hydrogens (tertiary/aromatic N) is 2. The number of halogens is 3. The van der Waals surface area contributed by atoms with Gasteiger partial charge < -0.3 is 10.2 Å². The van der Waals surface area contributed by atoms with Crippen molar-refractivity contribution in [1.29, 1.82) is 0 Å². The highest BCUT2D eigenvalue weighted by atomic mass is 35.5. The van der Waals surface area contributed by atoms with Gasteiger partial charge in [0.15, 0.2) is 0 Å². The molecule has 0 aromatic heterocycles. The third-order valence-electron chi connectivity index (χ3n) is 5.78. The Kier molecular flexibility index (Phi) is 10.1. The summed E-state index contributed by atoms with van der Waals surface area (Å²) in [7, 11) is -3.99. The average Bonchev–Trinajstić information content (AvgIpc) is 2.86. The van der Waals surface area contributed by atoms with Crippen LogP contribution >= 0.6 is 23.2 Å². The molecule has 1 N–H and O–H groups in total. The highest BCUT2D eigenvalue weighted by Gasteiger charge is 2.33. The Bertz CT molecular complexity index is 1390. The van der Waals surface area contributed by atoms with Crippen molar-refractivity contribution in [2.45, 2.75) is 25.9 Å². The van der Waals surface area contributed by atoms with Gasteiger partial charge in [-0.05, 0) is 36.8 Å². The monoisotopic (exact) mass is 579 g/mol. The second kappa shape index (κ2) is 13.1. The number of amides is 2. The summed E-state index contributed by atoms with van der Waals surface area (Å²) in [6, 6.07) is 18.1. The van der Waals surface area contributed by atoms with Crippen molar-refractivity contribution in [2.75, 3.05) is 23.7 Å². The normalized spacial score (nSPS) is 12.0. The van der Waals surface area contributed by atoms with E-state index in [1.165, 1.54) is 41.3 Å². The number of hydrogen-bond donors (Lipinski definition) is 1. The molecular formula is C27H28Cl2FN3O4S. The predicted molar refractivity (Wildman–Crippen MR) is 148 cm³/mol. The van der Waals surface area contributed by atoms with Gasteiger partial charge in [-0.3, -0.25) is 13.9 Å². The quantitative estimate of drug-likeness (QED) is 0.357. The minimum atomic E-state index is -3.99. The van der Waals surface area contributed by atoms with Gasteiger partial charge in [0.1, 0.15) is 18.4 Å². The second-order valence-corrected chi connectivity index (χ2v) is 11.3. The molecule has 0 radical (unpaired) electrons. The van der Waals surface area contributed by atoms with Crippen molar-refractivity contribution in [1.82, 2.24) is 10.2 Å². The van der Waals surface area contributed by atoms with Crippen molar-refractivity contribution in [2.24, 2.45) is 0 Å². The number of benzene rings is 3. The first-order chi connectivity index (χ1) is 18.0. The Morgan fingerprint density at radius 1 is 1.00 bits per heavy atom. The number of anilines is 1. The Hall–Kier alpha value is -3.14. The predicted octanol–water partition coefficient (Wildman–Crippen LogP) is 4.67. The van der Waals surface area contributed by atoms with Gasteiger partial charge in [-0.1, -0.05) is 71.7 Å². The third kappa shape index (κ3) is 7.69. The molecule has 0 saturated carbocycles. The molecule has 38 heavy (non-hydrogen) atoms. The van der Waals surface area contributed by atoms with Crippen LogP contribution in [-0.4, -0.2) is 50.5 Å². The van der Waals surface area contributed by atoms with E-state index in [0.29, 0.717) is 11.6 Å². The molecule has 2 amide bonds. The van der Waals surface area contributed by atoms with E-state index in [4.69, 9.17) is 23.2 Å². The third-order valence-corrected chi connectivity index (χ3v) is 7.44. The SMILES string of the molecule is CCNC(=O)[C@H](Cc1ccccc1)N(Cc1ccccc1F)C(=O)CN(c1ccc(Cl)cc1Cl)S(C)(=O)=O. The first-order valence-corrected chi connectivity index (χ1v) is 14.4. The molecule has 0 spiro atoms. The first kappa shape index (κ1) is 29.4. The number of nitrogens with one attached hydrogen (secondary N) is 1. The summed E-state index contributed by atoms with van der Waals surface area (Å²) in [5, 5.41) is 3.06. The Balaban J connectivity index is 2.07. The van der Waals surface area contributed by atoms with Crippen LogP contribution in [0.15, 0.2) is 72.8 Å². The van der Waals surface area contributed by atoms with E-state index in [1.807, 2.05) is 18.2 Å². The summed E-state index contributed by atoms with van der Waals surface area (Å²) in [6.45, 7) is 1.13. The minimum Gasteiger partial charge on any atom is -0.355 e. The zero-order valence-corrected chi connectivity index (χ0v) is 23.2. The molecule has 0 saturated heterocycles. The molecule has 0 heterocycles. The van der Waals surface area contributed by atoms with Gasteiger partial charge >= 0.3 is 0 Å². The molecule has 0 aliphatic heterocycles. The molecule has 0 fully saturated rings. The van der Waals surface area contributed by atoms with E-state index in [9.17, 15) is 22.4 Å². The Morgan fingerprint density at radius 2 is 1.66 bits per heavy atom. The Labute approximate surface area is 232 Å². The number of hydrogen-bond acceptors (Lipinski definition) is 4. The van der Waals surface area contributed by atoms with Crippen LogP contribution in [0.25, 0.3) is 0 Å². The fraction of sp³-hybridized carbons (Fsp3) is 0.259. The summed E-state index contributed by atoms with van der Waals surface area (Å²) in [4.78, 5) is 28.3. The zero-order valence-electron chi connectivity index (χ0n) is 20.9. The van der Waals surface area contributed by atoms with Crippen molar-refractivity contribution in [3.05, 3.63) is 99.8 Å². The van der Waals surface area contributed by atoms with Gasteiger partial charge in [-0.2, -0.15) is 0 Å². The lowest BCUT2D eigenvalue weighted by Crippen LogP contribution is -2.53. The lowest BCUT2D eigenvalue weighted by atomic mass is 10.0. The van der Waals surface area contributed by atoms with Gasteiger partial charge in [0, 0.05) is 30.1 Å². The van der Waals surface area contributed by atoms with E-state index >= 15 is 0 Å². The molecule has 0 aliphatic carbocycles. The maximum Gasteiger partial charge on any atom is 0.244 e. The number of rotatable bonds is 11. The van der Waals surface area contributed by atoms with E-state index < -0.39 is 40.2 Å². The molecule has 3 aromatic carbocycles. The lowest BCUT2D eigenvalue weighted by Gasteiger charge is -2.33. The van der Waals surface area contributed by atoms with Gasteiger partial charge in [-0.15, -0.1) is 0 Å². The molecule has 0 bridgehead atoms. The van der Waals surface area contributed by atoms with Crippen LogP contribution in [0.4, 0.5) is 10.1 Å². The molecule has 202 valence electrons. The molecule has 1 atom stereocenters. The van der Waals surface area contributed by atoms with Crippen LogP contribution in [0.3, 0.4) is 0 Å². The van der Waals surface area contributed by atoms with E-state index in [2.05, 4.69) is 5.32 Å². The van der Waals surface area contributed by atoms with Crippen molar-refractivity contribution < 1.29 is 22.4 Å². The topological polar surface area (TPSA) is 86.8 Å². The number of likely N-dealkylation sites (N-methyl/N-ethyl adjacent to an activating group) is 1. The Morgan fingerprint density at radius 3 is 2.26 bits per heavy atom. The molecule has 7 nitrogen and oxygen atoms in total. The maximum absolute atomic E-state index is 14.7. The van der Waals surface area contributed by atoms with Crippen LogP contribution < -0.4 is 9.62 Å². The number of carbonyl (C=O) groups excluding carboxylic acids is 2. The van der Waals surface area contributed by atoms with Gasteiger partial charge in [-0.25, -0.2) is 12.8 Å². The summed E-state index contributed by atoms with van der Waals surface area (Å²) in [6.07, 6.45) is 1.07. The molecule has 3 rings (SSSR count). The second-order valence-electron chi connectivity index (χ2n) is 8.58. The smallest absolute Gasteiger partial charge is 0.244 e. The van der Waals surface area contributed by atoms with Crippen molar-refractivity contribution >= 4 is 50.7 Å². The van der Waals surface area contributed by atoms with E-state index in [1.54, 1.807) is 25.1 Å². The minimum absolute atomic E-state index is 0.0286.